The Morgan fingerprint density at radius 2 is 1.80 bits per heavy atom. The van der Waals surface area contributed by atoms with Gasteiger partial charge >= 0.3 is 0 Å². The Bertz CT molecular complexity index is 856. The number of aryl methyl sites for hydroxylation is 1. The van der Waals surface area contributed by atoms with Gasteiger partial charge in [0.1, 0.15) is 5.75 Å². The Morgan fingerprint density at radius 1 is 1.04 bits per heavy atom. The zero-order chi connectivity index (χ0) is 17.6. The second kappa shape index (κ2) is 7.62. The number of nitrogens with one attached hydrogen (secondary N) is 1. The van der Waals surface area contributed by atoms with E-state index in [4.69, 9.17) is 4.74 Å². The molecule has 0 aliphatic heterocycles. The number of anilines is 1. The molecule has 1 aromatic heterocycles. The van der Waals surface area contributed by atoms with E-state index in [-0.39, 0.29) is 5.91 Å². The Labute approximate surface area is 147 Å². The average molecular weight is 332 g/mol. The maximum Gasteiger partial charge on any atom is 0.257 e. The minimum absolute atomic E-state index is 0.177. The molecule has 0 bridgehead atoms. The second-order valence-corrected chi connectivity index (χ2v) is 5.64. The van der Waals surface area contributed by atoms with Crippen LogP contribution in [-0.4, -0.2) is 18.0 Å². The molecule has 3 rings (SSSR count). The largest absolute Gasteiger partial charge is 0.496 e. The molecule has 0 aliphatic rings. The Morgan fingerprint density at radius 3 is 2.44 bits per heavy atom. The highest BCUT2D eigenvalue weighted by Crippen LogP contribution is 2.27. The van der Waals surface area contributed by atoms with Crippen molar-refractivity contribution < 1.29 is 9.53 Å². The van der Waals surface area contributed by atoms with Crippen LogP contribution in [0.4, 0.5) is 5.69 Å². The first-order valence-corrected chi connectivity index (χ1v) is 8.21. The van der Waals surface area contributed by atoms with E-state index >= 15 is 0 Å². The molecule has 0 saturated carbocycles. The van der Waals surface area contributed by atoms with Crippen LogP contribution >= 0.6 is 0 Å². The van der Waals surface area contributed by atoms with E-state index in [1.165, 1.54) is 5.56 Å². The summed E-state index contributed by atoms with van der Waals surface area (Å²) in [5.74, 6) is 0.576. The number of carbonyl (C=O) groups excluding carboxylic acids is 1. The predicted octanol–water partition coefficient (Wildman–Crippen LogP) is 4.57. The zero-order valence-electron chi connectivity index (χ0n) is 14.3. The van der Waals surface area contributed by atoms with Gasteiger partial charge in [-0.1, -0.05) is 31.2 Å². The fraction of sp³-hybridized carbons (Fsp3) is 0.143. The molecule has 3 aromatic rings. The molecule has 1 N–H and O–H groups in total. The van der Waals surface area contributed by atoms with E-state index in [0.29, 0.717) is 5.56 Å². The highest BCUT2D eigenvalue weighted by Gasteiger charge is 2.10. The van der Waals surface area contributed by atoms with Crippen molar-refractivity contribution in [2.24, 2.45) is 0 Å². The van der Waals surface area contributed by atoms with Gasteiger partial charge in [-0.25, -0.2) is 0 Å². The maximum atomic E-state index is 12.4. The van der Waals surface area contributed by atoms with Crippen LogP contribution in [0, 0.1) is 0 Å². The first-order valence-electron chi connectivity index (χ1n) is 8.21. The molecule has 0 saturated heterocycles. The number of methoxy groups -OCH3 is 1. The number of para-hydroxylation sites is 1. The predicted molar refractivity (Wildman–Crippen MR) is 100.0 cm³/mol. The summed E-state index contributed by atoms with van der Waals surface area (Å²) in [5, 5.41) is 2.89. The number of amides is 1. The first-order chi connectivity index (χ1) is 12.2. The normalized spacial score (nSPS) is 10.3. The summed E-state index contributed by atoms with van der Waals surface area (Å²) in [4.78, 5) is 16.8. The van der Waals surface area contributed by atoms with Gasteiger partial charge in [0.25, 0.3) is 5.91 Å². The van der Waals surface area contributed by atoms with Crippen molar-refractivity contribution in [3.8, 4) is 17.0 Å². The SMILES string of the molecule is CCc1ccc(NC(=O)c2ccc(-c3ccccc3OC)nc2)cc1. The monoisotopic (exact) mass is 332 g/mol. The van der Waals surface area contributed by atoms with Gasteiger partial charge in [-0.3, -0.25) is 9.78 Å². The molecular formula is C21H20N2O2. The third-order valence-electron chi connectivity index (χ3n) is 4.03. The smallest absolute Gasteiger partial charge is 0.257 e. The lowest BCUT2D eigenvalue weighted by Gasteiger charge is -2.09. The Balaban J connectivity index is 1.76. The number of rotatable bonds is 5. The molecule has 0 fully saturated rings. The fourth-order valence-corrected chi connectivity index (χ4v) is 2.57. The molecule has 0 atom stereocenters. The lowest BCUT2D eigenvalue weighted by Crippen LogP contribution is -2.12. The quantitative estimate of drug-likeness (QED) is 0.744. The van der Waals surface area contributed by atoms with Crippen LogP contribution < -0.4 is 10.1 Å². The molecule has 0 radical (unpaired) electrons. The summed E-state index contributed by atoms with van der Waals surface area (Å²) >= 11 is 0. The summed E-state index contributed by atoms with van der Waals surface area (Å²) in [6, 6.07) is 19.1. The van der Waals surface area contributed by atoms with Crippen molar-refractivity contribution in [3.05, 3.63) is 78.0 Å². The van der Waals surface area contributed by atoms with Gasteiger partial charge in [-0.05, 0) is 48.4 Å². The van der Waals surface area contributed by atoms with Crippen molar-refractivity contribution >= 4 is 11.6 Å². The van der Waals surface area contributed by atoms with E-state index in [9.17, 15) is 4.79 Å². The van der Waals surface area contributed by atoms with E-state index in [0.717, 1.165) is 29.1 Å². The molecule has 4 nitrogen and oxygen atoms in total. The number of carbonyl (C=O) groups is 1. The number of pyridine rings is 1. The number of aromatic nitrogens is 1. The highest BCUT2D eigenvalue weighted by molar-refractivity contribution is 6.04. The summed E-state index contributed by atoms with van der Waals surface area (Å²) in [7, 11) is 1.63. The molecule has 1 heterocycles. The minimum Gasteiger partial charge on any atom is -0.496 e. The molecule has 1 amide bonds. The zero-order valence-corrected chi connectivity index (χ0v) is 14.3. The van der Waals surface area contributed by atoms with E-state index in [2.05, 4.69) is 17.2 Å². The topological polar surface area (TPSA) is 51.2 Å². The second-order valence-electron chi connectivity index (χ2n) is 5.64. The summed E-state index contributed by atoms with van der Waals surface area (Å²) in [5.41, 5.74) is 4.18. The molecule has 2 aromatic carbocycles. The molecule has 0 spiro atoms. The Hall–Kier alpha value is -3.14. The molecule has 0 unspecified atom stereocenters. The van der Waals surface area contributed by atoms with Gasteiger partial charge in [0.2, 0.25) is 0 Å². The molecule has 126 valence electrons. The minimum atomic E-state index is -0.177. The van der Waals surface area contributed by atoms with Crippen LogP contribution in [0.3, 0.4) is 0 Å². The van der Waals surface area contributed by atoms with Crippen LogP contribution in [0.15, 0.2) is 66.9 Å². The fourth-order valence-electron chi connectivity index (χ4n) is 2.57. The van der Waals surface area contributed by atoms with Gasteiger partial charge < -0.3 is 10.1 Å². The first kappa shape index (κ1) is 16.7. The van der Waals surface area contributed by atoms with Crippen molar-refractivity contribution in [1.82, 2.24) is 4.98 Å². The van der Waals surface area contributed by atoms with Gasteiger partial charge in [0, 0.05) is 17.4 Å². The lowest BCUT2D eigenvalue weighted by atomic mass is 10.1. The number of hydrogen-bond donors (Lipinski definition) is 1. The number of nitrogens with zero attached hydrogens (tertiary/aromatic N) is 1. The summed E-state index contributed by atoms with van der Waals surface area (Å²) < 4.78 is 5.36. The van der Waals surface area contributed by atoms with E-state index < -0.39 is 0 Å². The standard InChI is InChI=1S/C21H20N2O2/c1-3-15-8-11-17(12-9-15)23-21(24)16-10-13-19(22-14-16)18-6-4-5-7-20(18)25-2/h4-14H,3H2,1-2H3,(H,23,24). The third-order valence-corrected chi connectivity index (χ3v) is 4.03. The van der Waals surface area contributed by atoms with Crippen molar-refractivity contribution in [1.29, 1.82) is 0 Å². The van der Waals surface area contributed by atoms with Crippen LogP contribution in [0.2, 0.25) is 0 Å². The van der Waals surface area contributed by atoms with Crippen LogP contribution in [-0.2, 0) is 6.42 Å². The Kier molecular flexibility index (Phi) is 5.09. The number of ether oxygens (including phenoxy) is 1. The van der Waals surface area contributed by atoms with Crippen molar-refractivity contribution in [2.45, 2.75) is 13.3 Å². The maximum absolute atomic E-state index is 12.4. The summed E-state index contributed by atoms with van der Waals surface area (Å²) in [6.45, 7) is 2.10. The van der Waals surface area contributed by atoms with Crippen molar-refractivity contribution in [3.63, 3.8) is 0 Å². The van der Waals surface area contributed by atoms with Gasteiger partial charge in [0.15, 0.2) is 0 Å². The van der Waals surface area contributed by atoms with Crippen LogP contribution in [0.1, 0.15) is 22.8 Å². The van der Waals surface area contributed by atoms with Gasteiger partial charge in [0.05, 0.1) is 18.4 Å². The molecule has 0 aliphatic carbocycles. The number of hydrogen-bond acceptors (Lipinski definition) is 3. The van der Waals surface area contributed by atoms with Crippen LogP contribution in [0.25, 0.3) is 11.3 Å². The lowest BCUT2D eigenvalue weighted by molar-refractivity contribution is 0.102. The van der Waals surface area contributed by atoms with Crippen molar-refractivity contribution in [2.75, 3.05) is 12.4 Å². The third kappa shape index (κ3) is 3.86. The molecule has 4 heteroatoms. The number of benzene rings is 2. The van der Waals surface area contributed by atoms with E-state index in [1.54, 1.807) is 19.4 Å². The average Bonchev–Trinajstić information content (AvgIpc) is 2.68. The summed E-state index contributed by atoms with van der Waals surface area (Å²) in [6.07, 6.45) is 2.56. The van der Waals surface area contributed by atoms with Gasteiger partial charge in [-0.15, -0.1) is 0 Å². The molecule has 25 heavy (non-hydrogen) atoms. The van der Waals surface area contributed by atoms with E-state index in [1.807, 2.05) is 54.6 Å². The molecular weight excluding hydrogens is 312 g/mol. The van der Waals surface area contributed by atoms with Gasteiger partial charge in [-0.2, -0.15) is 0 Å². The highest BCUT2D eigenvalue weighted by atomic mass is 16.5. The van der Waals surface area contributed by atoms with Crippen LogP contribution in [0.5, 0.6) is 5.75 Å².